The van der Waals surface area contributed by atoms with Crippen LogP contribution in [0.4, 0.5) is 26.8 Å². The zero-order valence-corrected chi connectivity index (χ0v) is 27.2. The summed E-state index contributed by atoms with van der Waals surface area (Å²) in [6.45, 7) is 8.49. The average Bonchev–Trinajstić information content (AvgIpc) is 3.49. The van der Waals surface area contributed by atoms with Crippen LogP contribution in [0.2, 0.25) is 0 Å². The Balaban J connectivity index is 0.00000118. The lowest BCUT2D eigenvalue weighted by atomic mass is 9.92. The van der Waals surface area contributed by atoms with Crippen LogP contribution in [-0.4, -0.2) is 47.0 Å². The number of hydrogen-bond donors (Lipinski definition) is 4. The molecule has 0 radical (unpaired) electrons. The van der Waals surface area contributed by atoms with Gasteiger partial charge in [-0.1, -0.05) is 62.7 Å². The normalized spacial score (nSPS) is 10.6. The molecule has 4 amide bonds. The van der Waals surface area contributed by atoms with Crippen molar-refractivity contribution in [2.75, 3.05) is 30.0 Å². The maximum absolute atomic E-state index is 13.3. The molecule has 47 heavy (non-hydrogen) atoms. The highest BCUT2D eigenvalue weighted by Crippen LogP contribution is 2.33. The van der Waals surface area contributed by atoms with Crippen LogP contribution in [-0.2, 0) is 16.8 Å². The van der Waals surface area contributed by atoms with Gasteiger partial charge >= 0.3 is 12.1 Å². The van der Waals surface area contributed by atoms with Gasteiger partial charge in [0, 0.05) is 48.1 Å². The number of urea groups is 2. The van der Waals surface area contributed by atoms with Gasteiger partial charge in [0.15, 0.2) is 0 Å². The molecule has 0 saturated carbocycles. The predicted octanol–water partition coefficient (Wildman–Crippen LogP) is 6.95. The third kappa shape index (κ3) is 8.80. The molecule has 12 heteroatoms. The quantitative estimate of drug-likeness (QED) is 0.112. The molecule has 2 aromatic heterocycles. The predicted molar refractivity (Wildman–Crippen MR) is 184 cm³/mol. The summed E-state index contributed by atoms with van der Waals surface area (Å²) >= 11 is 0. The Morgan fingerprint density at radius 2 is 1.60 bits per heavy atom. The van der Waals surface area contributed by atoms with E-state index in [1.54, 1.807) is 30.2 Å². The Hall–Kier alpha value is -6.00. The smallest absolute Gasteiger partial charge is 0.324 e. The molecule has 0 aliphatic carbocycles. The number of pyridine rings is 1. The molecule has 0 atom stereocenters. The fourth-order valence-electron chi connectivity index (χ4n) is 4.50. The monoisotopic (exact) mass is 634 g/mol. The van der Waals surface area contributed by atoms with Gasteiger partial charge in [-0.3, -0.25) is 10.3 Å². The summed E-state index contributed by atoms with van der Waals surface area (Å²) < 4.78 is 7.94. The summed E-state index contributed by atoms with van der Waals surface area (Å²) in [5, 5.41) is 17.7. The van der Waals surface area contributed by atoms with Crippen LogP contribution in [0.25, 0.3) is 16.5 Å². The number of aliphatic imine (C=N–C) groups is 1. The molecule has 0 aliphatic heterocycles. The number of aromatic nitrogens is 3. The Morgan fingerprint density at radius 3 is 2.26 bits per heavy atom. The van der Waals surface area contributed by atoms with E-state index in [2.05, 4.69) is 52.0 Å². The van der Waals surface area contributed by atoms with Gasteiger partial charge in [-0.15, -0.1) is 0 Å². The first-order valence-corrected chi connectivity index (χ1v) is 14.8. The molecule has 12 nitrogen and oxygen atoms in total. The highest BCUT2D eigenvalue weighted by Gasteiger charge is 2.22. The number of rotatable bonds is 7. The number of carbonyl (C=O) groups is 2. The molecule has 242 valence electrons. The van der Waals surface area contributed by atoms with Gasteiger partial charge in [-0.25, -0.2) is 24.1 Å². The number of benzene rings is 3. The lowest BCUT2D eigenvalue weighted by Gasteiger charge is -2.15. The molecule has 0 saturated heterocycles. The molecule has 5 rings (SSSR count). The summed E-state index contributed by atoms with van der Waals surface area (Å²) in [5.41, 5.74) is 4.60. The average molecular weight is 635 g/mol. The minimum atomic E-state index is -0.394. The van der Waals surface area contributed by atoms with Gasteiger partial charge in [-0.05, 0) is 37.3 Å². The summed E-state index contributed by atoms with van der Waals surface area (Å²) in [6.07, 6.45) is 4.53. The first-order chi connectivity index (χ1) is 22.5. The van der Waals surface area contributed by atoms with Gasteiger partial charge < -0.3 is 20.7 Å². The van der Waals surface area contributed by atoms with E-state index in [-0.39, 0.29) is 18.1 Å². The van der Waals surface area contributed by atoms with Crippen molar-refractivity contribution in [1.82, 2.24) is 20.1 Å². The molecule has 5 aromatic rings. The van der Waals surface area contributed by atoms with E-state index in [0.29, 0.717) is 22.9 Å². The third-order valence-corrected chi connectivity index (χ3v) is 6.99. The van der Waals surface area contributed by atoms with Gasteiger partial charge in [0.05, 0.1) is 29.0 Å². The minimum Gasteiger partial charge on any atom is -0.488 e. The fraction of sp³-hybridized carbons (Fsp3) is 0.229. The summed E-state index contributed by atoms with van der Waals surface area (Å²) in [5.74, 6) is 1.20. The Bertz CT molecular complexity index is 1910. The van der Waals surface area contributed by atoms with Crippen molar-refractivity contribution in [2.24, 2.45) is 4.99 Å². The van der Waals surface area contributed by atoms with Crippen LogP contribution in [0.1, 0.15) is 37.6 Å². The van der Waals surface area contributed by atoms with Crippen LogP contribution in [0.5, 0.6) is 5.75 Å². The van der Waals surface area contributed by atoms with E-state index in [0.717, 1.165) is 33.3 Å². The Morgan fingerprint density at radius 1 is 0.915 bits per heavy atom. The van der Waals surface area contributed by atoms with Crippen molar-refractivity contribution < 1.29 is 19.1 Å². The van der Waals surface area contributed by atoms with E-state index < -0.39 is 6.03 Å². The molecule has 0 unspecified atom stereocenters. The van der Waals surface area contributed by atoms with Crippen molar-refractivity contribution in [1.29, 1.82) is 0 Å². The highest BCUT2D eigenvalue weighted by molar-refractivity contribution is 6.07. The first-order valence-electron chi connectivity index (χ1n) is 14.8. The molecule has 2 heterocycles. The number of nitrogens with zero attached hydrogens (tertiary/aromatic N) is 4. The topological polar surface area (TPSA) is 152 Å². The zero-order chi connectivity index (χ0) is 34.0. The third-order valence-electron chi connectivity index (χ3n) is 6.99. The minimum absolute atomic E-state index is 0.204. The van der Waals surface area contributed by atoms with E-state index in [9.17, 15) is 9.59 Å². The maximum Gasteiger partial charge on any atom is 0.324 e. The SMILES string of the molecule is CN=C=O.CNC(=O)Nc1cnccc1COc1ccc(NC(=O)Nc2cc(C(C)(C)C)nn2-c2ccc(C)cc2)c2ccccc12. The molecule has 0 bridgehead atoms. The Kier molecular flexibility index (Phi) is 11.1. The van der Waals surface area contributed by atoms with Gasteiger partial charge in [0.1, 0.15) is 18.2 Å². The lowest BCUT2D eigenvalue weighted by Crippen LogP contribution is -2.25. The first kappa shape index (κ1) is 33.9. The molecule has 0 fully saturated rings. The van der Waals surface area contributed by atoms with Crippen LogP contribution < -0.4 is 26.0 Å². The van der Waals surface area contributed by atoms with Gasteiger partial charge in [-0.2, -0.15) is 5.10 Å². The van der Waals surface area contributed by atoms with Crippen LogP contribution in [0.3, 0.4) is 0 Å². The number of hydrogen-bond acceptors (Lipinski definition) is 7. The lowest BCUT2D eigenvalue weighted by molar-refractivity contribution is 0.253. The fourth-order valence-corrected chi connectivity index (χ4v) is 4.50. The molecule has 0 spiro atoms. The molecule has 4 N–H and O–H groups in total. The number of amides is 4. The largest absolute Gasteiger partial charge is 0.488 e. The van der Waals surface area contributed by atoms with E-state index in [1.807, 2.05) is 73.7 Å². The number of carbonyl (C=O) groups excluding carboxylic acids is 3. The second kappa shape index (κ2) is 15.3. The van der Waals surface area contributed by atoms with Crippen LogP contribution in [0.15, 0.2) is 90.2 Å². The second-order valence-electron chi connectivity index (χ2n) is 11.5. The number of nitrogens with one attached hydrogen (secondary N) is 4. The summed E-state index contributed by atoms with van der Waals surface area (Å²) in [4.78, 5) is 41.1. The maximum atomic E-state index is 13.3. The number of anilines is 3. The molecule has 0 aliphatic rings. The van der Waals surface area contributed by atoms with Crippen LogP contribution >= 0.6 is 0 Å². The van der Waals surface area contributed by atoms with Gasteiger partial charge in [0.2, 0.25) is 6.08 Å². The standard InChI is InChI=1S/C33H35N7O3.C2H3NO/c1-21-10-12-23(13-11-21)40-30(18-29(39-40)33(2,3)4)38-32(42)36-26-14-15-28(25-9-7-6-8-24(25)26)43-20-22-16-17-35-19-27(22)37-31(41)34-5;1-3-2-4/h6-19H,20H2,1-5H3,(H2,34,37,41)(H2,36,38,42);1H3. The van der Waals surface area contributed by atoms with Crippen molar-refractivity contribution in [2.45, 2.75) is 39.7 Å². The number of isocyanates is 1. The number of aryl methyl sites for hydroxylation is 1. The number of ether oxygens (including phenoxy) is 1. The van der Waals surface area contributed by atoms with E-state index in [4.69, 9.17) is 14.6 Å². The van der Waals surface area contributed by atoms with E-state index >= 15 is 0 Å². The second-order valence-corrected chi connectivity index (χ2v) is 11.5. The summed E-state index contributed by atoms with van der Waals surface area (Å²) in [7, 11) is 2.93. The zero-order valence-electron chi connectivity index (χ0n) is 27.2. The van der Waals surface area contributed by atoms with Crippen molar-refractivity contribution in [3.05, 3.63) is 102 Å². The van der Waals surface area contributed by atoms with Crippen molar-refractivity contribution >= 4 is 46.1 Å². The molecule has 3 aromatic carbocycles. The van der Waals surface area contributed by atoms with Crippen LogP contribution in [0, 0.1) is 6.92 Å². The molecular formula is C35H38N8O4. The summed E-state index contributed by atoms with van der Waals surface area (Å²) in [6, 6.07) is 22.3. The van der Waals surface area contributed by atoms with Crippen molar-refractivity contribution in [3.8, 4) is 11.4 Å². The van der Waals surface area contributed by atoms with Gasteiger partial charge in [0.25, 0.3) is 0 Å². The number of fused-ring (bicyclic) bond motifs is 1. The van der Waals surface area contributed by atoms with Crippen molar-refractivity contribution in [3.63, 3.8) is 0 Å². The highest BCUT2D eigenvalue weighted by atomic mass is 16.5. The van der Waals surface area contributed by atoms with E-state index in [1.165, 1.54) is 13.1 Å². The molecular weight excluding hydrogens is 596 g/mol. The Labute approximate surface area is 273 Å².